The molecule has 25 heavy (non-hydrogen) atoms. The average molecular weight is 343 g/mol. The third-order valence-electron chi connectivity index (χ3n) is 5.23. The molecule has 1 saturated carbocycles. The van der Waals surface area contributed by atoms with E-state index in [2.05, 4.69) is 9.97 Å². The van der Waals surface area contributed by atoms with Gasteiger partial charge in [0.05, 0.1) is 18.8 Å². The SMILES string of the molecule is Cc1c[nH]c2c(OC3CCCCC3)ncc(C(=O)N3CCOCC3)c12. The van der Waals surface area contributed by atoms with Crippen molar-refractivity contribution in [3.8, 4) is 5.88 Å². The molecule has 1 saturated heterocycles. The van der Waals surface area contributed by atoms with Crippen LogP contribution in [0.25, 0.3) is 10.9 Å². The van der Waals surface area contributed by atoms with E-state index in [1.54, 1.807) is 6.20 Å². The normalized spacial score (nSPS) is 19.3. The molecule has 2 fully saturated rings. The minimum atomic E-state index is 0.0210. The smallest absolute Gasteiger partial charge is 0.256 e. The second-order valence-corrected chi connectivity index (χ2v) is 6.98. The van der Waals surface area contributed by atoms with Crippen LogP contribution >= 0.6 is 0 Å². The van der Waals surface area contributed by atoms with Crippen LogP contribution < -0.4 is 4.74 Å². The number of nitrogens with one attached hydrogen (secondary N) is 1. The average Bonchev–Trinajstić information content (AvgIpc) is 3.06. The molecule has 0 atom stereocenters. The highest BCUT2D eigenvalue weighted by Gasteiger charge is 2.25. The largest absolute Gasteiger partial charge is 0.473 e. The zero-order valence-electron chi connectivity index (χ0n) is 14.7. The third kappa shape index (κ3) is 3.23. The van der Waals surface area contributed by atoms with Crippen LogP contribution in [-0.4, -0.2) is 53.2 Å². The summed E-state index contributed by atoms with van der Waals surface area (Å²) in [5, 5.41) is 0.928. The van der Waals surface area contributed by atoms with Crippen molar-refractivity contribution in [2.24, 2.45) is 0 Å². The zero-order chi connectivity index (χ0) is 17.2. The summed E-state index contributed by atoms with van der Waals surface area (Å²) in [6.07, 6.45) is 9.71. The molecule has 0 bridgehead atoms. The number of pyridine rings is 1. The quantitative estimate of drug-likeness (QED) is 0.930. The van der Waals surface area contributed by atoms with Gasteiger partial charge >= 0.3 is 0 Å². The highest BCUT2D eigenvalue weighted by molar-refractivity contribution is 6.08. The lowest BCUT2D eigenvalue weighted by atomic mass is 9.98. The highest BCUT2D eigenvalue weighted by Crippen LogP contribution is 2.31. The summed E-state index contributed by atoms with van der Waals surface area (Å²) in [7, 11) is 0. The van der Waals surface area contributed by atoms with Gasteiger partial charge in [-0.25, -0.2) is 4.98 Å². The van der Waals surface area contributed by atoms with Gasteiger partial charge in [-0.3, -0.25) is 4.79 Å². The van der Waals surface area contributed by atoms with E-state index >= 15 is 0 Å². The first-order valence-corrected chi connectivity index (χ1v) is 9.24. The predicted octanol–water partition coefficient (Wildman–Crippen LogP) is 3.06. The summed E-state index contributed by atoms with van der Waals surface area (Å²) in [6.45, 7) is 4.46. The number of ether oxygens (including phenoxy) is 2. The number of hydrogen-bond acceptors (Lipinski definition) is 4. The first-order chi connectivity index (χ1) is 12.2. The number of aryl methyl sites for hydroxylation is 1. The van der Waals surface area contributed by atoms with E-state index in [4.69, 9.17) is 9.47 Å². The number of aromatic amines is 1. The zero-order valence-corrected chi connectivity index (χ0v) is 14.7. The Labute approximate surface area is 147 Å². The fourth-order valence-electron chi connectivity index (χ4n) is 3.82. The minimum absolute atomic E-state index is 0.0210. The van der Waals surface area contributed by atoms with Gasteiger partial charge in [0.2, 0.25) is 5.88 Å². The van der Waals surface area contributed by atoms with Gasteiger partial charge in [-0.05, 0) is 38.2 Å². The van der Waals surface area contributed by atoms with Gasteiger partial charge < -0.3 is 19.4 Å². The summed E-state index contributed by atoms with van der Waals surface area (Å²) < 4.78 is 11.5. The molecule has 1 aliphatic carbocycles. The van der Waals surface area contributed by atoms with E-state index in [0.717, 1.165) is 29.3 Å². The van der Waals surface area contributed by atoms with Gasteiger partial charge in [0, 0.05) is 30.9 Å². The number of rotatable bonds is 3. The first-order valence-electron chi connectivity index (χ1n) is 9.24. The lowest BCUT2D eigenvalue weighted by molar-refractivity contribution is 0.0304. The fraction of sp³-hybridized carbons (Fsp3) is 0.579. The Balaban J connectivity index is 1.66. The van der Waals surface area contributed by atoms with E-state index in [0.29, 0.717) is 37.7 Å². The maximum absolute atomic E-state index is 12.9. The Morgan fingerprint density at radius 1 is 1.28 bits per heavy atom. The third-order valence-corrected chi connectivity index (χ3v) is 5.23. The Morgan fingerprint density at radius 2 is 2.04 bits per heavy atom. The van der Waals surface area contributed by atoms with Crippen molar-refractivity contribution in [3.05, 3.63) is 23.5 Å². The molecule has 2 aromatic rings. The molecule has 0 aromatic carbocycles. The number of aromatic nitrogens is 2. The summed E-state index contributed by atoms with van der Waals surface area (Å²) >= 11 is 0. The maximum Gasteiger partial charge on any atom is 0.256 e. The first kappa shape index (κ1) is 16.4. The van der Waals surface area contributed by atoms with E-state index < -0.39 is 0 Å². The van der Waals surface area contributed by atoms with Crippen LogP contribution in [0.1, 0.15) is 48.0 Å². The minimum Gasteiger partial charge on any atom is -0.473 e. The standard InChI is InChI=1S/C19H25N3O3/c1-13-11-20-17-16(13)15(19(23)22-7-9-24-10-8-22)12-21-18(17)25-14-5-3-2-4-6-14/h11-12,14,20H,2-10H2,1H3. The molecular weight excluding hydrogens is 318 g/mol. The molecule has 2 aliphatic rings. The number of fused-ring (bicyclic) bond motifs is 1. The summed E-state index contributed by atoms with van der Waals surface area (Å²) in [6, 6.07) is 0. The summed E-state index contributed by atoms with van der Waals surface area (Å²) in [4.78, 5) is 22.5. The van der Waals surface area contributed by atoms with Crippen molar-refractivity contribution in [3.63, 3.8) is 0 Å². The van der Waals surface area contributed by atoms with Crippen LogP contribution in [0.15, 0.2) is 12.4 Å². The monoisotopic (exact) mass is 343 g/mol. The number of hydrogen-bond donors (Lipinski definition) is 1. The Bertz CT molecular complexity index is 759. The number of H-pyrrole nitrogens is 1. The summed E-state index contributed by atoms with van der Waals surface area (Å²) in [5.41, 5.74) is 2.52. The van der Waals surface area contributed by atoms with Crippen LogP contribution in [0.4, 0.5) is 0 Å². The lowest BCUT2D eigenvalue weighted by Gasteiger charge is -2.27. The molecule has 2 aromatic heterocycles. The van der Waals surface area contributed by atoms with Crippen LogP contribution in [-0.2, 0) is 4.74 Å². The molecule has 4 rings (SSSR count). The Hall–Kier alpha value is -2.08. The molecule has 1 aliphatic heterocycles. The Morgan fingerprint density at radius 3 is 2.80 bits per heavy atom. The molecule has 0 spiro atoms. The molecule has 3 heterocycles. The van der Waals surface area contributed by atoms with Gasteiger partial charge in [-0.1, -0.05) is 6.42 Å². The number of carbonyl (C=O) groups excluding carboxylic acids is 1. The highest BCUT2D eigenvalue weighted by atomic mass is 16.5. The topological polar surface area (TPSA) is 67.5 Å². The second kappa shape index (κ2) is 7.04. The molecule has 1 N–H and O–H groups in total. The lowest BCUT2D eigenvalue weighted by Crippen LogP contribution is -2.40. The second-order valence-electron chi connectivity index (χ2n) is 6.98. The van der Waals surface area contributed by atoms with Crippen molar-refractivity contribution in [1.82, 2.24) is 14.9 Å². The van der Waals surface area contributed by atoms with Crippen molar-refractivity contribution in [1.29, 1.82) is 0 Å². The number of carbonyl (C=O) groups is 1. The van der Waals surface area contributed by atoms with E-state index in [-0.39, 0.29) is 12.0 Å². The molecule has 6 nitrogen and oxygen atoms in total. The van der Waals surface area contributed by atoms with Crippen LogP contribution in [0.5, 0.6) is 5.88 Å². The molecule has 1 amide bonds. The molecule has 134 valence electrons. The van der Waals surface area contributed by atoms with Gasteiger partial charge in [0.1, 0.15) is 11.6 Å². The van der Waals surface area contributed by atoms with Crippen LogP contribution in [0, 0.1) is 6.92 Å². The maximum atomic E-state index is 12.9. The van der Waals surface area contributed by atoms with Gasteiger partial charge in [0.15, 0.2) is 0 Å². The predicted molar refractivity (Wildman–Crippen MR) is 95.1 cm³/mol. The van der Waals surface area contributed by atoms with Crippen LogP contribution in [0.3, 0.4) is 0 Å². The van der Waals surface area contributed by atoms with E-state index in [9.17, 15) is 4.79 Å². The number of morpholine rings is 1. The summed E-state index contributed by atoms with van der Waals surface area (Å²) in [5.74, 6) is 0.640. The van der Waals surface area contributed by atoms with E-state index in [1.807, 2.05) is 18.0 Å². The molecule has 0 radical (unpaired) electrons. The number of nitrogens with zero attached hydrogens (tertiary/aromatic N) is 2. The van der Waals surface area contributed by atoms with Crippen molar-refractivity contribution < 1.29 is 14.3 Å². The van der Waals surface area contributed by atoms with Crippen LogP contribution in [0.2, 0.25) is 0 Å². The van der Waals surface area contributed by atoms with Crippen molar-refractivity contribution >= 4 is 16.8 Å². The number of amides is 1. The molecule has 6 heteroatoms. The van der Waals surface area contributed by atoms with Gasteiger partial charge in [-0.15, -0.1) is 0 Å². The van der Waals surface area contributed by atoms with E-state index in [1.165, 1.54) is 19.3 Å². The molecule has 0 unspecified atom stereocenters. The Kier molecular flexibility index (Phi) is 4.61. The molecular formula is C19H25N3O3. The van der Waals surface area contributed by atoms with Gasteiger partial charge in [0.25, 0.3) is 5.91 Å². The van der Waals surface area contributed by atoms with Crippen molar-refractivity contribution in [2.45, 2.75) is 45.1 Å². The van der Waals surface area contributed by atoms with Crippen molar-refractivity contribution in [2.75, 3.05) is 26.3 Å². The fourth-order valence-corrected chi connectivity index (χ4v) is 3.82. The van der Waals surface area contributed by atoms with Gasteiger partial charge in [-0.2, -0.15) is 0 Å².